The van der Waals surface area contributed by atoms with Crippen LogP contribution in [0.1, 0.15) is 319 Å². The number of rotatable bonds is 15. The molecule has 3 N–H and O–H groups in total. The molecule has 30 nitrogen and oxygen atoms in total. The van der Waals surface area contributed by atoms with Gasteiger partial charge in [0.1, 0.15) is 48.2 Å². The second-order valence-corrected chi connectivity index (χ2v) is 48.3. The lowest BCUT2D eigenvalue weighted by atomic mass is 9.82. The standard InChI is InChI=1S/2C34H49N3O7S.C33H47N3O7S/c1-22-9-11-23(12-10-22)28(38)37(26-19-25(13-16-32(2,3)4)45-27(26)29(39)40)24-14-17-35(18-15-24)30(41)44-34(8)20-36(21-34)31(42)43-33(5,6)7;1-22-9-11-23(12-10-22)28(38)37(26-19-25(13-15-32(2,3)4)45-27(26)29(39)40)24-14-17-35(20-24)30(41)44-34(8)16-18-36(21-34)31(42)43-33(5,6)7;1-21-9-11-22(12-10-21)27(37)36(25-17-24(13-15-31(2,3)4)44-26(25)28(38)39)23-14-16-34(18-23)29(40)43-33(8)19-35(20-33)30(41)42-32(5,6)7/h19,22-24H,9-12,14-15,17-18,20-21H2,1-8H3,(H,39,40);19,22-24H,9-12,14,16-18,20-21H2,1-8H3,(H,39,40);17,21-23H,9-12,14,16,18-20H2,1-8H3,(H,38,39). The first-order valence-electron chi connectivity index (χ1n) is 47.6. The maximum Gasteiger partial charge on any atom is 0.410 e. The number of aromatic carboxylic acids is 3. The summed E-state index contributed by atoms with van der Waals surface area (Å²) in [5.41, 5.74) is -4.06. The van der Waals surface area contributed by atoms with Gasteiger partial charge in [-0.2, -0.15) is 0 Å². The molecule has 3 aromatic rings. The van der Waals surface area contributed by atoms with Gasteiger partial charge in [-0.1, -0.05) is 56.3 Å². The Hall–Kier alpha value is -9.78. The van der Waals surface area contributed by atoms with E-state index in [0.29, 0.717) is 114 Å². The minimum atomic E-state index is -1.11. The summed E-state index contributed by atoms with van der Waals surface area (Å²) < 4.78 is 34.0. The molecule has 3 unspecified atom stereocenters. The first kappa shape index (κ1) is 106. The molecule has 738 valence electrons. The Morgan fingerprint density at radius 1 is 0.336 bits per heavy atom. The molecular weight excluding hydrogens is 1770 g/mol. The molecule has 6 aliphatic heterocycles. The summed E-state index contributed by atoms with van der Waals surface area (Å²) in [5, 5.41) is 30.5. The topological polar surface area (TPSA) is 350 Å². The summed E-state index contributed by atoms with van der Waals surface area (Å²) in [6, 6.07) is 4.12. The van der Waals surface area contributed by atoms with Gasteiger partial charge in [0.05, 0.1) is 76.5 Å². The van der Waals surface area contributed by atoms with Crippen molar-refractivity contribution in [2.75, 3.05) is 93.2 Å². The molecule has 12 rings (SSSR count). The smallest absolute Gasteiger partial charge is 0.410 e. The first-order chi connectivity index (χ1) is 62.0. The molecule has 0 radical (unpaired) electrons. The van der Waals surface area contributed by atoms with Crippen molar-refractivity contribution in [3.8, 4) is 35.5 Å². The number of likely N-dealkylation sites (tertiary alicyclic amines) is 6. The third kappa shape index (κ3) is 29.4. The fraction of sp³-hybridized carbons (Fsp3) is 0.703. The van der Waals surface area contributed by atoms with E-state index in [0.717, 1.165) is 111 Å². The molecule has 9 fully saturated rings. The highest BCUT2D eigenvalue weighted by Gasteiger charge is 2.52. The van der Waals surface area contributed by atoms with Crippen LogP contribution in [0.3, 0.4) is 0 Å². The van der Waals surface area contributed by atoms with Gasteiger partial charge in [0.15, 0.2) is 0 Å². The van der Waals surface area contributed by atoms with Crippen LogP contribution < -0.4 is 14.7 Å². The highest BCUT2D eigenvalue weighted by atomic mass is 32.1. The third-order valence-electron chi connectivity index (χ3n) is 25.1. The van der Waals surface area contributed by atoms with Gasteiger partial charge in [0.2, 0.25) is 17.7 Å². The van der Waals surface area contributed by atoms with Crippen molar-refractivity contribution in [2.24, 2.45) is 51.8 Å². The predicted molar refractivity (Wildman–Crippen MR) is 516 cm³/mol. The SMILES string of the molecule is CC1CCC(C(=O)N(c2cc(C#CC(C)(C)C)sc2C(=O)O)C2CCN(C(=O)OC3(C)CCN(C(=O)OC(C)(C)C)C3)C2)CC1.CC1CCC(C(=O)N(c2cc(C#CC(C)(C)C)sc2C(=O)O)C2CCN(C(=O)OC3(C)CN(C(=O)OC(C)(C)C)C3)C2)CC1.CC1CCC(C(=O)N(c2cc(C#CC(C)(C)C)sc2C(=O)O)C2CCN(C(=O)OC3(C)CN(C(=O)OC(C)(C)C)C3)CC2)CC1. The van der Waals surface area contributed by atoms with E-state index >= 15 is 0 Å². The summed E-state index contributed by atoms with van der Waals surface area (Å²) in [6.45, 7) is 49.6. The number of thiophene rings is 3. The number of ether oxygens (including phenoxy) is 6. The first-order valence-corrected chi connectivity index (χ1v) is 50.0. The lowest BCUT2D eigenvalue weighted by molar-refractivity contribution is -0.125. The second-order valence-electron chi connectivity index (χ2n) is 45.2. The minimum Gasteiger partial charge on any atom is -0.477 e. The lowest BCUT2D eigenvalue weighted by Crippen LogP contribution is -2.65. The van der Waals surface area contributed by atoms with E-state index < -0.39 is 100 Å². The lowest BCUT2D eigenvalue weighted by Gasteiger charge is -2.47. The normalized spacial score (nSPS) is 23.6. The molecule has 0 bridgehead atoms. The van der Waals surface area contributed by atoms with Crippen molar-refractivity contribution in [1.29, 1.82) is 0 Å². The molecule has 3 atom stereocenters. The van der Waals surface area contributed by atoms with E-state index in [2.05, 4.69) is 56.3 Å². The van der Waals surface area contributed by atoms with Gasteiger partial charge < -0.3 is 87.8 Å². The van der Waals surface area contributed by atoms with Gasteiger partial charge in [-0.3, -0.25) is 14.4 Å². The van der Waals surface area contributed by atoms with Crippen LogP contribution in [-0.2, 0) is 42.8 Å². The monoisotopic (exact) mass is 1920 g/mol. The van der Waals surface area contributed by atoms with Crippen molar-refractivity contribution in [2.45, 2.75) is 327 Å². The van der Waals surface area contributed by atoms with E-state index in [-0.39, 0.29) is 118 Å². The Kier molecular flexibility index (Phi) is 33.7. The van der Waals surface area contributed by atoms with Gasteiger partial charge in [-0.25, -0.2) is 43.2 Å². The molecule has 3 aliphatic carbocycles. The average molecular weight is 1920 g/mol. The Bertz CT molecular complexity index is 5010. The molecule has 3 aromatic heterocycles. The number of amides is 9. The van der Waals surface area contributed by atoms with E-state index in [9.17, 15) is 72.9 Å². The second kappa shape index (κ2) is 42.5. The maximum atomic E-state index is 14.2. The number of carboxylic acids is 3. The van der Waals surface area contributed by atoms with Crippen molar-refractivity contribution in [3.63, 3.8) is 0 Å². The fourth-order valence-corrected chi connectivity index (χ4v) is 20.6. The molecule has 33 heteroatoms. The van der Waals surface area contributed by atoms with Crippen LogP contribution >= 0.6 is 34.0 Å². The van der Waals surface area contributed by atoms with Crippen LogP contribution in [-0.4, -0.2) is 247 Å². The number of anilines is 3. The molecule has 3 saturated carbocycles. The Balaban J connectivity index is 0.000000208. The van der Waals surface area contributed by atoms with E-state index in [1.807, 2.05) is 90.0 Å². The number of hydrogen-bond donors (Lipinski definition) is 3. The summed E-state index contributed by atoms with van der Waals surface area (Å²) in [7, 11) is 0. The Morgan fingerprint density at radius 3 is 0.873 bits per heavy atom. The van der Waals surface area contributed by atoms with Gasteiger partial charge in [-0.05, 0) is 284 Å². The van der Waals surface area contributed by atoms with E-state index in [1.54, 1.807) is 108 Å². The number of carbonyl (C=O) groups excluding carboxylic acids is 9. The maximum absolute atomic E-state index is 14.2. The van der Waals surface area contributed by atoms with Gasteiger partial charge >= 0.3 is 54.5 Å². The van der Waals surface area contributed by atoms with Crippen LogP contribution in [0.2, 0.25) is 0 Å². The van der Waals surface area contributed by atoms with Crippen LogP contribution in [0.15, 0.2) is 18.2 Å². The molecule has 134 heavy (non-hydrogen) atoms. The molecular formula is C101H145N9O21S3. The zero-order valence-corrected chi connectivity index (χ0v) is 85.8. The molecule has 0 spiro atoms. The predicted octanol–water partition coefficient (Wildman–Crippen LogP) is 19.5. The average Bonchev–Trinajstić information content (AvgIpc) is 1.09. The zero-order valence-electron chi connectivity index (χ0n) is 83.4. The van der Waals surface area contributed by atoms with Crippen LogP contribution in [0, 0.1) is 87.3 Å². The van der Waals surface area contributed by atoms with Crippen LogP contribution in [0.4, 0.5) is 45.8 Å². The fourth-order valence-electron chi connectivity index (χ4n) is 18.1. The number of nitrogens with zero attached hydrogens (tertiary/aromatic N) is 9. The third-order valence-corrected chi connectivity index (χ3v) is 28.2. The molecule has 6 saturated heterocycles. The zero-order chi connectivity index (χ0) is 99.3. The van der Waals surface area contributed by atoms with Crippen molar-refractivity contribution >= 4 is 123 Å². The number of piperidine rings is 1. The molecule has 9 aliphatic rings. The molecule has 9 heterocycles. The van der Waals surface area contributed by atoms with Crippen molar-refractivity contribution < 1.29 is 101 Å². The molecule has 0 aromatic carbocycles. The molecule has 9 amide bonds. The Morgan fingerprint density at radius 2 is 0.590 bits per heavy atom. The number of hydrogen-bond acceptors (Lipinski definition) is 21. The minimum absolute atomic E-state index is 0.0391. The van der Waals surface area contributed by atoms with E-state index in [4.69, 9.17) is 28.4 Å². The highest BCUT2D eigenvalue weighted by molar-refractivity contribution is 7.16. The highest BCUT2D eigenvalue weighted by Crippen LogP contribution is 2.44. The summed E-state index contributed by atoms with van der Waals surface area (Å²) in [5.74, 6) is 16.4. The van der Waals surface area contributed by atoms with Gasteiger partial charge in [0.25, 0.3) is 0 Å². The van der Waals surface area contributed by atoms with Gasteiger partial charge in [-0.15, -0.1) is 34.0 Å². The van der Waals surface area contributed by atoms with Crippen molar-refractivity contribution in [3.05, 3.63) is 47.5 Å². The largest absolute Gasteiger partial charge is 0.477 e. The summed E-state index contributed by atoms with van der Waals surface area (Å²) in [4.78, 5) is 173. The summed E-state index contributed by atoms with van der Waals surface area (Å²) in [6.07, 6.45) is 9.94. The van der Waals surface area contributed by atoms with E-state index in [1.165, 1.54) is 9.80 Å². The summed E-state index contributed by atoms with van der Waals surface area (Å²) >= 11 is 3.26. The quantitative estimate of drug-likeness (QED) is 0.0939. The van der Waals surface area contributed by atoms with Crippen LogP contribution in [0.25, 0.3) is 0 Å². The van der Waals surface area contributed by atoms with Gasteiger partial charge in [0, 0.05) is 92.3 Å². The van der Waals surface area contributed by atoms with Crippen LogP contribution in [0.5, 0.6) is 0 Å². The number of carbonyl (C=O) groups is 12. The van der Waals surface area contributed by atoms with Crippen molar-refractivity contribution in [1.82, 2.24) is 29.4 Å². The number of carboxylic acid groups (broad SMARTS) is 3. The Labute approximate surface area is 804 Å².